The van der Waals surface area contributed by atoms with Crippen molar-refractivity contribution in [1.82, 2.24) is 20.0 Å². The molecule has 3 atom stereocenters. The molecule has 0 spiro atoms. The molecule has 2 aromatic rings. The molecule has 1 aliphatic carbocycles. The van der Waals surface area contributed by atoms with E-state index < -0.39 is 0 Å². The zero-order valence-corrected chi connectivity index (χ0v) is 11.5. The number of nitrogens with zero attached hydrogens (tertiary/aromatic N) is 2. The molecule has 20 heavy (non-hydrogen) atoms. The van der Waals surface area contributed by atoms with E-state index in [4.69, 9.17) is 0 Å². The molecule has 2 fully saturated rings. The summed E-state index contributed by atoms with van der Waals surface area (Å²) in [5.74, 6) is 0.658. The summed E-state index contributed by atoms with van der Waals surface area (Å²) in [7, 11) is 0. The van der Waals surface area contributed by atoms with Crippen molar-refractivity contribution in [2.45, 2.75) is 31.8 Å². The fourth-order valence-electron chi connectivity index (χ4n) is 3.51. The fraction of sp³-hybridized carbons (Fsp3) is 0.467. The third-order valence-electron chi connectivity index (χ3n) is 4.63. The topological polar surface area (TPSA) is 58.4 Å². The van der Waals surface area contributed by atoms with Crippen LogP contribution in [0.4, 0.5) is 0 Å². The van der Waals surface area contributed by atoms with E-state index in [1.54, 1.807) is 12.4 Å². The SMILES string of the molecule is Cc1ccn2cc(C(=O)NC3CC4CNC3C4)ncc12. The predicted molar refractivity (Wildman–Crippen MR) is 75.7 cm³/mol. The fourth-order valence-corrected chi connectivity index (χ4v) is 3.51. The van der Waals surface area contributed by atoms with E-state index in [9.17, 15) is 4.79 Å². The number of amides is 1. The minimum absolute atomic E-state index is 0.0717. The Balaban J connectivity index is 1.54. The lowest BCUT2D eigenvalue weighted by Gasteiger charge is -2.23. The van der Waals surface area contributed by atoms with Crippen LogP contribution in [0.25, 0.3) is 5.52 Å². The average Bonchev–Trinajstić information content (AvgIpc) is 3.14. The molecule has 2 bridgehead atoms. The molecule has 5 heteroatoms. The summed E-state index contributed by atoms with van der Waals surface area (Å²) >= 11 is 0. The second-order valence-electron chi connectivity index (χ2n) is 6.00. The van der Waals surface area contributed by atoms with Gasteiger partial charge in [0.1, 0.15) is 5.69 Å². The molecule has 1 saturated carbocycles. The third kappa shape index (κ3) is 1.81. The maximum absolute atomic E-state index is 12.3. The second-order valence-corrected chi connectivity index (χ2v) is 6.00. The molecule has 0 aromatic carbocycles. The predicted octanol–water partition coefficient (Wildman–Crippen LogP) is 1.12. The van der Waals surface area contributed by atoms with Gasteiger partial charge < -0.3 is 15.0 Å². The highest BCUT2D eigenvalue weighted by Crippen LogP contribution is 2.31. The van der Waals surface area contributed by atoms with Crippen molar-refractivity contribution in [1.29, 1.82) is 0 Å². The van der Waals surface area contributed by atoms with Gasteiger partial charge in [-0.05, 0) is 43.9 Å². The Morgan fingerprint density at radius 2 is 2.40 bits per heavy atom. The zero-order valence-electron chi connectivity index (χ0n) is 11.5. The molecule has 3 unspecified atom stereocenters. The first-order valence-electron chi connectivity index (χ1n) is 7.18. The van der Waals surface area contributed by atoms with Crippen molar-refractivity contribution >= 4 is 11.4 Å². The van der Waals surface area contributed by atoms with Crippen LogP contribution in [0.3, 0.4) is 0 Å². The zero-order chi connectivity index (χ0) is 13.7. The average molecular weight is 270 g/mol. The molecule has 1 amide bonds. The van der Waals surface area contributed by atoms with Crippen LogP contribution in [-0.2, 0) is 0 Å². The lowest BCUT2D eigenvalue weighted by Crippen LogP contribution is -2.48. The van der Waals surface area contributed by atoms with Gasteiger partial charge in [-0.25, -0.2) is 4.98 Å². The molecule has 1 saturated heterocycles. The van der Waals surface area contributed by atoms with E-state index >= 15 is 0 Å². The first kappa shape index (κ1) is 11.9. The summed E-state index contributed by atoms with van der Waals surface area (Å²) < 4.78 is 1.95. The van der Waals surface area contributed by atoms with Crippen molar-refractivity contribution in [3.05, 3.63) is 35.9 Å². The van der Waals surface area contributed by atoms with E-state index in [0.717, 1.165) is 24.4 Å². The monoisotopic (exact) mass is 270 g/mol. The van der Waals surface area contributed by atoms with Crippen LogP contribution in [0.15, 0.2) is 24.7 Å². The Bertz CT molecular complexity index is 678. The van der Waals surface area contributed by atoms with E-state index in [0.29, 0.717) is 11.7 Å². The molecule has 104 valence electrons. The number of piperidine rings is 1. The molecule has 2 N–H and O–H groups in total. The summed E-state index contributed by atoms with van der Waals surface area (Å²) in [6.07, 6.45) is 7.81. The molecular weight excluding hydrogens is 252 g/mol. The van der Waals surface area contributed by atoms with Gasteiger partial charge in [-0.15, -0.1) is 0 Å². The van der Waals surface area contributed by atoms with Crippen molar-refractivity contribution in [3.63, 3.8) is 0 Å². The molecule has 0 radical (unpaired) electrons. The van der Waals surface area contributed by atoms with Gasteiger partial charge in [-0.2, -0.15) is 0 Å². The van der Waals surface area contributed by atoms with Crippen LogP contribution in [-0.4, -0.2) is 33.9 Å². The van der Waals surface area contributed by atoms with Crippen LogP contribution in [0.1, 0.15) is 28.9 Å². The van der Waals surface area contributed by atoms with E-state index in [-0.39, 0.29) is 11.9 Å². The third-order valence-corrected chi connectivity index (χ3v) is 4.63. The van der Waals surface area contributed by atoms with Gasteiger partial charge in [-0.1, -0.05) is 0 Å². The Hall–Kier alpha value is -1.88. The van der Waals surface area contributed by atoms with Crippen molar-refractivity contribution in [3.8, 4) is 0 Å². The molecule has 5 nitrogen and oxygen atoms in total. The van der Waals surface area contributed by atoms with Crippen LogP contribution < -0.4 is 10.6 Å². The summed E-state index contributed by atoms with van der Waals surface area (Å²) in [5, 5.41) is 6.58. The molecule has 2 aliphatic rings. The standard InChI is InChI=1S/C15H18N4O/c1-9-2-3-19-8-13(17-7-14(9)19)15(20)18-12-5-10-4-11(12)16-6-10/h2-3,7-8,10-12,16H,4-6H2,1H3,(H,18,20). The summed E-state index contributed by atoms with van der Waals surface area (Å²) in [6, 6.07) is 2.73. The highest BCUT2D eigenvalue weighted by Gasteiger charge is 2.40. The summed E-state index contributed by atoms with van der Waals surface area (Å²) in [4.78, 5) is 16.6. The number of hydrogen-bond donors (Lipinski definition) is 2. The second kappa shape index (κ2) is 4.31. The minimum atomic E-state index is -0.0717. The van der Waals surface area contributed by atoms with Crippen molar-refractivity contribution in [2.75, 3.05) is 6.54 Å². The van der Waals surface area contributed by atoms with Gasteiger partial charge in [0, 0.05) is 24.5 Å². The van der Waals surface area contributed by atoms with Gasteiger partial charge in [0.15, 0.2) is 0 Å². The molecule has 1 aliphatic heterocycles. The van der Waals surface area contributed by atoms with Crippen LogP contribution in [0.2, 0.25) is 0 Å². The van der Waals surface area contributed by atoms with Crippen molar-refractivity contribution < 1.29 is 4.79 Å². The number of hydrogen-bond acceptors (Lipinski definition) is 3. The lowest BCUT2D eigenvalue weighted by atomic mass is 10.1. The van der Waals surface area contributed by atoms with Crippen molar-refractivity contribution in [2.24, 2.45) is 5.92 Å². The Morgan fingerprint density at radius 3 is 3.15 bits per heavy atom. The number of carbonyl (C=O) groups excluding carboxylic acids is 1. The first-order chi connectivity index (χ1) is 9.70. The summed E-state index contributed by atoms with van der Waals surface area (Å²) in [5.41, 5.74) is 2.70. The van der Waals surface area contributed by atoms with E-state index in [1.165, 1.54) is 12.0 Å². The van der Waals surface area contributed by atoms with Gasteiger partial charge in [0.25, 0.3) is 5.91 Å². The molecular formula is C15H18N4O. The number of carbonyl (C=O) groups is 1. The van der Waals surface area contributed by atoms with Crippen LogP contribution >= 0.6 is 0 Å². The highest BCUT2D eigenvalue weighted by atomic mass is 16.2. The minimum Gasteiger partial charge on any atom is -0.346 e. The van der Waals surface area contributed by atoms with E-state index in [2.05, 4.69) is 15.6 Å². The maximum atomic E-state index is 12.3. The maximum Gasteiger partial charge on any atom is 0.271 e. The van der Waals surface area contributed by atoms with Gasteiger partial charge in [0.05, 0.1) is 11.7 Å². The van der Waals surface area contributed by atoms with Gasteiger partial charge in [-0.3, -0.25) is 4.79 Å². The van der Waals surface area contributed by atoms with Gasteiger partial charge >= 0.3 is 0 Å². The summed E-state index contributed by atoms with van der Waals surface area (Å²) in [6.45, 7) is 3.14. The van der Waals surface area contributed by atoms with E-state index in [1.807, 2.05) is 23.6 Å². The first-order valence-corrected chi connectivity index (χ1v) is 7.18. The Morgan fingerprint density at radius 1 is 1.50 bits per heavy atom. The van der Waals surface area contributed by atoms with Crippen LogP contribution in [0, 0.1) is 12.8 Å². The number of aryl methyl sites for hydroxylation is 1. The smallest absolute Gasteiger partial charge is 0.271 e. The Labute approximate surface area is 117 Å². The lowest BCUT2D eigenvalue weighted by molar-refractivity contribution is 0.0923. The molecule has 2 aromatic heterocycles. The molecule has 4 rings (SSSR count). The number of nitrogens with one attached hydrogen (secondary N) is 2. The highest BCUT2D eigenvalue weighted by molar-refractivity contribution is 5.92. The van der Waals surface area contributed by atoms with Gasteiger partial charge in [0.2, 0.25) is 0 Å². The Kier molecular flexibility index (Phi) is 2.57. The normalized spacial score (nSPS) is 28.1. The number of aromatic nitrogens is 2. The molecule has 3 heterocycles. The quantitative estimate of drug-likeness (QED) is 0.860. The number of rotatable bonds is 2. The largest absolute Gasteiger partial charge is 0.346 e. The number of fused-ring (bicyclic) bond motifs is 3. The van der Waals surface area contributed by atoms with Crippen LogP contribution in [0.5, 0.6) is 0 Å².